The van der Waals surface area contributed by atoms with Crippen LogP contribution in [-0.4, -0.2) is 55.4 Å². The van der Waals surface area contributed by atoms with Crippen LogP contribution in [0.3, 0.4) is 0 Å². The fourth-order valence-corrected chi connectivity index (χ4v) is 2.19. The van der Waals surface area contributed by atoms with Crippen LogP contribution >= 0.6 is 0 Å². The summed E-state index contributed by atoms with van der Waals surface area (Å²) in [6, 6.07) is 16.0. The van der Waals surface area contributed by atoms with Crippen molar-refractivity contribution >= 4 is 18.2 Å². The highest BCUT2D eigenvalue weighted by Gasteiger charge is 2.32. The number of benzene rings is 2. The second-order valence-corrected chi connectivity index (χ2v) is 5.65. The highest BCUT2D eigenvalue weighted by Crippen LogP contribution is 2.13. The van der Waals surface area contributed by atoms with Gasteiger partial charge in [0.05, 0.1) is 17.3 Å². The van der Waals surface area contributed by atoms with E-state index >= 15 is 0 Å². The molecule has 2 aromatic carbocycles. The molecule has 2 aromatic rings. The van der Waals surface area contributed by atoms with Crippen molar-refractivity contribution in [2.24, 2.45) is 5.16 Å². The molecule has 0 amide bonds. The van der Waals surface area contributed by atoms with Crippen LogP contribution < -0.4 is 0 Å². The number of nitrogens with zero attached hydrogens (tertiary/aromatic N) is 1. The Morgan fingerprint density at radius 2 is 1.57 bits per heavy atom. The lowest BCUT2D eigenvalue weighted by Crippen LogP contribution is -2.41. The van der Waals surface area contributed by atoms with E-state index in [2.05, 4.69) is 9.99 Å². The van der Waals surface area contributed by atoms with E-state index in [0.717, 1.165) is 6.21 Å². The van der Waals surface area contributed by atoms with E-state index in [9.17, 15) is 19.1 Å². The van der Waals surface area contributed by atoms with Crippen LogP contribution in [0.2, 0.25) is 0 Å². The van der Waals surface area contributed by atoms with Gasteiger partial charge in [0.15, 0.2) is 12.3 Å². The smallest absolute Gasteiger partial charge is 0.338 e. The molecule has 2 rings (SSSR count). The number of aliphatic hydroxyl groups excluding tert-OH is 1. The number of esters is 2. The van der Waals surface area contributed by atoms with Crippen LogP contribution in [-0.2, 0) is 14.3 Å². The summed E-state index contributed by atoms with van der Waals surface area (Å²) in [6.07, 6.45) is -4.48. The molecule has 0 saturated heterocycles. The maximum Gasteiger partial charge on any atom is 0.338 e. The maximum atomic E-state index is 14.6. The third-order valence-corrected chi connectivity index (χ3v) is 3.64. The molecule has 0 unspecified atom stereocenters. The van der Waals surface area contributed by atoms with Crippen molar-refractivity contribution in [2.75, 3.05) is 13.7 Å². The van der Waals surface area contributed by atoms with Gasteiger partial charge >= 0.3 is 11.9 Å². The molecule has 0 fully saturated rings. The number of alkyl halides is 1. The molecule has 0 aromatic heterocycles. The molecule has 0 heterocycles. The molecule has 8 heteroatoms. The van der Waals surface area contributed by atoms with Gasteiger partial charge < -0.3 is 19.4 Å². The van der Waals surface area contributed by atoms with Gasteiger partial charge in [-0.05, 0) is 24.3 Å². The van der Waals surface area contributed by atoms with E-state index < -0.39 is 36.9 Å². The van der Waals surface area contributed by atoms with E-state index in [4.69, 9.17) is 9.47 Å². The zero-order chi connectivity index (χ0) is 20.4. The number of hydrogen-bond donors (Lipinski definition) is 1. The number of carbonyl (C=O) groups is 2. The predicted octanol–water partition coefficient (Wildman–Crippen LogP) is 2.40. The van der Waals surface area contributed by atoms with Crippen molar-refractivity contribution in [1.29, 1.82) is 0 Å². The molecule has 0 radical (unpaired) electrons. The Hall–Kier alpha value is -3.26. The minimum atomic E-state index is -2.10. The number of carbonyl (C=O) groups excluding carboxylic acids is 2. The van der Waals surface area contributed by atoms with Crippen molar-refractivity contribution in [2.45, 2.75) is 18.4 Å². The Morgan fingerprint density at radius 3 is 2.11 bits per heavy atom. The Morgan fingerprint density at radius 1 is 1.04 bits per heavy atom. The minimum Gasteiger partial charge on any atom is -0.459 e. The van der Waals surface area contributed by atoms with Gasteiger partial charge in [-0.15, -0.1) is 0 Å². The number of hydrogen-bond acceptors (Lipinski definition) is 7. The number of rotatable bonds is 9. The molecule has 148 valence electrons. The Balaban J connectivity index is 1.98. The van der Waals surface area contributed by atoms with E-state index in [1.54, 1.807) is 36.4 Å². The zero-order valence-corrected chi connectivity index (χ0v) is 15.1. The Labute approximate surface area is 161 Å². The Kier molecular flexibility index (Phi) is 8.11. The lowest BCUT2D eigenvalue weighted by Gasteiger charge is -2.22. The molecule has 0 aliphatic rings. The van der Waals surface area contributed by atoms with Crippen molar-refractivity contribution in [3.05, 3.63) is 71.8 Å². The number of oxime groups is 1. The topological polar surface area (TPSA) is 94.4 Å². The van der Waals surface area contributed by atoms with Gasteiger partial charge in [-0.25, -0.2) is 14.0 Å². The van der Waals surface area contributed by atoms with Crippen molar-refractivity contribution in [3.8, 4) is 0 Å². The minimum absolute atomic E-state index is 0.204. The van der Waals surface area contributed by atoms with E-state index in [1.165, 1.54) is 31.4 Å². The molecule has 28 heavy (non-hydrogen) atoms. The molecule has 0 bridgehead atoms. The summed E-state index contributed by atoms with van der Waals surface area (Å²) in [5, 5.41) is 13.4. The summed E-state index contributed by atoms with van der Waals surface area (Å²) < 4.78 is 24.6. The normalized spacial score (nSPS) is 14.1. The fourth-order valence-electron chi connectivity index (χ4n) is 2.19. The van der Waals surface area contributed by atoms with Gasteiger partial charge in [-0.3, -0.25) is 0 Å². The van der Waals surface area contributed by atoms with Crippen molar-refractivity contribution in [1.82, 2.24) is 0 Å². The standard InChI is InChI=1S/C20H20FNO6/c1-26-22-12-17(28-20(25)15-10-6-3-7-11-15)18(21)16(23)13-27-19(24)14-8-4-2-5-9-14/h2-12,16-18,23H,13H2,1H3/b22-12+/t16-,17+,18-/m1/s1. The highest BCUT2D eigenvalue weighted by atomic mass is 19.1. The summed E-state index contributed by atoms with van der Waals surface area (Å²) in [5.74, 6) is -1.51. The summed E-state index contributed by atoms with van der Waals surface area (Å²) in [4.78, 5) is 28.5. The monoisotopic (exact) mass is 389 g/mol. The first-order valence-corrected chi connectivity index (χ1v) is 8.40. The number of aliphatic hydroxyl groups is 1. The lowest BCUT2D eigenvalue weighted by molar-refractivity contribution is -0.0349. The molecule has 0 aliphatic heterocycles. The third kappa shape index (κ3) is 6.17. The first-order chi connectivity index (χ1) is 13.5. The quantitative estimate of drug-likeness (QED) is 0.402. The highest BCUT2D eigenvalue weighted by molar-refractivity contribution is 5.90. The van der Waals surface area contributed by atoms with Gasteiger partial charge in [-0.2, -0.15) is 0 Å². The molecule has 7 nitrogen and oxygen atoms in total. The van der Waals surface area contributed by atoms with Crippen LogP contribution in [0.5, 0.6) is 0 Å². The fraction of sp³-hybridized carbons (Fsp3) is 0.250. The van der Waals surface area contributed by atoms with Gasteiger partial charge in [-0.1, -0.05) is 41.6 Å². The van der Waals surface area contributed by atoms with Gasteiger partial charge in [0, 0.05) is 0 Å². The summed E-state index contributed by atoms with van der Waals surface area (Å²) in [7, 11) is 1.23. The van der Waals surface area contributed by atoms with Gasteiger partial charge in [0.1, 0.15) is 19.8 Å². The first-order valence-electron chi connectivity index (χ1n) is 8.40. The molecular formula is C20H20FNO6. The first kappa shape index (κ1) is 21.0. The molecule has 0 aliphatic carbocycles. The third-order valence-electron chi connectivity index (χ3n) is 3.64. The number of halogens is 1. The molecular weight excluding hydrogens is 369 g/mol. The summed E-state index contributed by atoms with van der Waals surface area (Å²) >= 11 is 0. The van der Waals surface area contributed by atoms with E-state index in [1.807, 2.05) is 0 Å². The number of ether oxygens (including phenoxy) is 2. The SMILES string of the molecule is CO/N=C/[C@H](OC(=O)c1ccccc1)[C@H](F)[C@H](O)COC(=O)c1ccccc1. The van der Waals surface area contributed by atoms with Crippen molar-refractivity contribution in [3.63, 3.8) is 0 Å². The predicted molar refractivity (Wildman–Crippen MR) is 98.8 cm³/mol. The lowest BCUT2D eigenvalue weighted by atomic mass is 10.1. The van der Waals surface area contributed by atoms with Crippen LogP contribution in [0, 0.1) is 0 Å². The average molecular weight is 389 g/mol. The van der Waals surface area contributed by atoms with E-state index in [0.29, 0.717) is 0 Å². The molecule has 3 atom stereocenters. The van der Waals surface area contributed by atoms with Crippen LogP contribution in [0.15, 0.2) is 65.8 Å². The largest absolute Gasteiger partial charge is 0.459 e. The summed E-state index contributed by atoms with van der Waals surface area (Å²) in [5.41, 5.74) is 0.466. The molecule has 1 N–H and O–H groups in total. The Bertz CT molecular complexity index is 784. The summed E-state index contributed by atoms with van der Waals surface area (Å²) in [6.45, 7) is -0.630. The maximum absolute atomic E-state index is 14.6. The van der Waals surface area contributed by atoms with Crippen LogP contribution in [0.4, 0.5) is 4.39 Å². The zero-order valence-electron chi connectivity index (χ0n) is 15.1. The van der Waals surface area contributed by atoms with Gasteiger partial charge in [0.2, 0.25) is 0 Å². The van der Waals surface area contributed by atoms with E-state index in [-0.39, 0.29) is 11.1 Å². The molecule has 0 saturated carbocycles. The van der Waals surface area contributed by atoms with Crippen LogP contribution in [0.25, 0.3) is 0 Å². The second kappa shape index (κ2) is 10.8. The molecule has 0 spiro atoms. The van der Waals surface area contributed by atoms with Crippen molar-refractivity contribution < 1.29 is 33.4 Å². The average Bonchev–Trinajstić information content (AvgIpc) is 2.75. The van der Waals surface area contributed by atoms with Crippen LogP contribution in [0.1, 0.15) is 20.7 Å². The van der Waals surface area contributed by atoms with Gasteiger partial charge in [0.25, 0.3) is 0 Å². The second-order valence-electron chi connectivity index (χ2n) is 5.65.